The molecule has 0 atom stereocenters. The molecule has 0 amide bonds. The zero-order valence-electron chi connectivity index (χ0n) is 11.9. The molecule has 0 radical (unpaired) electrons. The van der Waals surface area contributed by atoms with Gasteiger partial charge in [-0.2, -0.15) is 0 Å². The lowest BCUT2D eigenvalue weighted by Gasteiger charge is -2.46. The molecule has 114 valence electrons. The van der Waals surface area contributed by atoms with Crippen LogP contribution < -0.4 is 4.90 Å². The van der Waals surface area contributed by atoms with Crippen molar-refractivity contribution in [3.05, 3.63) is 27.9 Å². The van der Waals surface area contributed by atoms with Gasteiger partial charge in [0, 0.05) is 6.20 Å². The number of pyridine rings is 1. The van der Waals surface area contributed by atoms with E-state index >= 15 is 0 Å². The lowest BCUT2D eigenvalue weighted by atomic mass is 9.91. The Bertz CT molecular complexity index is 569. The van der Waals surface area contributed by atoms with Gasteiger partial charge >= 0.3 is 11.7 Å². The average Bonchev–Trinajstić information content (AvgIpc) is 2.43. The first kappa shape index (κ1) is 15.2. The monoisotopic (exact) mass is 295 g/mol. The summed E-state index contributed by atoms with van der Waals surface area (Å²) in [5, 5.41) is 21.3. The molecule has 0 aliphatic carbocycles. The van der Waals surface area contributed by atoms with Crippen LogP contribution in [0.5, 0.6) is 0 Å². The van der Waals surface area contributed by atoms with Gasteiger partial charge in [-0.15, -0.1) is 0 Å². The fraction of sp³-hybridized carbons (Fsp3) is 0.538. The number of rotatable bonds is 5. The van der Waals surface area contributed by atoms with Crippen LogP contribution in [0, 0.1) is 10.1 Å². The number of hydrogen-bond acceptors (Lipinski definition) is 7. The molecule has 0 unspecified atom stereocenters. The summed E-state index contributed by atoms with van der Waals surface area (Å²) in [5.74, 6) is -0.664. The molecule has 2 rings (SSSR count). The molecular weight excluding hydrogens is 278 g/mol. The topological polar surface area (TPSA) is 106 Å². The highest BCUT2D eigenvalue weighted by atomic mass is 16.6. The molecule has 1 fully saturated rings. The van der Waals surface area contributed by atoms with Gasteiger partial charge in [0.25, 0.3) is 0 Å². The molecule has 1 aromatic heterocycles. The van der Waals surface area contributed by atoms with E-state index in [0.29, 0.717) is 6.42 Å². The van der Waals surface area contributed by atoms with Crippen molar-refractivity contribution >= 4 is 17.5 Å². The van der Waals surface area contributed by atoms with Crippen molar-refractivity contribution in [1.82, 2.24) is 4.98 Å². The van der Waals surface area contributed by atoms with Gasteiger partial charge in [-0.05, 0) is 19.4 Å². The molecule has 1 N–H and O–H groups in total. The minimum atomic E-state index is -0.852. The molecule has 1 aliphatic rings. The third-order valence-electron chi connectivity index (χ3n) is 3.51. The number of carbonyl (C=O) groups excluding carboxylic acids is 1. The Morgan fingerprint density at radius 3 is 2.76 bits per heavy atom. The maximum Gasteiger partial charge on any atom is 0.345 e. The summed E-state index contributed by atoms with van der Waals surface area (Å²) >= 11 is 0. The first-order chi connectivity index (χ1) is 9.91. The first-order valence-corrected chi connectivity index (χ1v) is 6.69. The van der Waals surface area contributed by atoms with Crippen LogP contribution >= 0.6 is 0 Å². The maximum absolute atomic E-state index is 11.8. The molecule has 1 aromatic rings. The average molecular weight is 295 g/mol. The van der Waals surface area contributed by atoms with Crippen LogP contribution in [0.25, 0.3) is 0 Å². The van der Waals surface area contributed by atoms with E-state index in [1.165, 1.54) is 12.3 Å². The number of carbonyl (C=O) groups is 1. The fourth-order valence-electron chi connectivity index (χ4n) is 2.27. The van der Waals surface area contributed by atoms with E-state index in [1.54, 1.807) is 11.8 Å². The van der Waals surface area contributed by atoms with Crippen LogP contribution in [0.4, 0.5) is 11.5 Å². The summed E-state index contributed by atoms with van der Waals surface area (Å²) in [4.78, 5) is 28.0. The third kappa shape index (κ3) is 2.80. The SMILES string of the molecule is CCOC(=O)c1ccnc(N2CC(O)(CC)C2)c1[N+](=O)[O-]. The van der Waals surface area contributed by atoms with E-state index in [1.807, 2.05) is 6.92 Å². The number of aromatic nitrogens is 1. The Hall–Kier alpha value is -2.22. The highest BCUT2D eigenvalue weighted by Crippen LogP contribution is 2.36. The minimum Gasteiger partial charge on any atom is -0.462 e. The number of anilines is 1. The zero-order valence-corrected chi connectivity index (χ0v) is 11.9. The van der Waals surface area contributed by atoms with Crippen LogP contribution in [0.15, 0.2) is 12.3 Å². The maximum atomic E-state index is 11.8. The van der Waals surface area contributed by atoms with Crippen molar-refractivity contribution in [2.24, 2.45) is 0 Å². The van der Waals surface area contributed by atoms with E-state index in [2.05, 4.69) is 4.98 Å². The number of nitrogens with zero attached hydrogens (tertiary/aromatic N) is 3. The van der Waals surface area contributed by atoms with Gasteiger partial charge in [-0.1, -0.05) is 6.92 Å². The van der Waals surface area contributed by atoms with Crippen molar-refractivity contribution in [3.8, 4) is 0 Å². The number of aliphatic hydroxyl groups is 1. The molecule has 0 spiro atoms. The minimum absolute atomic E-state index is 0.0867. The quantitative estimate of drug-likeness (QED) is 0.493. The second-order valence-electron chi connectivity index (χ2n) is 4.94. The second-order valence-corrected chi connectivity index (χ2v) is 4.94. The molecule has 0 saturated carbocycles. The van der Waals surface area contributed by atoms with Gasteiger partial charge in [-0.3, -0.25) is 10.1 Å². The highest BCUT2D eigenvalue weighted by molar-refractivity contribution is 5.96. The van der Waals surface area contributed by atoms with Gasteiger partial charge < -0.3 is 14.7 Å². The molecule has 1 aliphatic heterocycles. The molecule has 1 saturated heterocycles. The Kier molecular flexibility index (Phi) is 4.08. The van der Waals surface area contributed by atoms with Crippen LogP contribution in [-0.4, -0.2) is 46.3 Å². The van der Waals surface area contributed by atoms with Gasteiger partial charge in [0.2, 0.25) is 5.82 Å². The van der Waals surface area contributed by atoms with Crippen molar-refractivity contribution in [1.29, 1.82) is 0 Å². The molecule has 21 heavy (non-hydrogen) atoms. The zero-order chi connectivity index (χ0) is 15.6. The second kappa shape index (κ2) is 5.65. The van der Waals surface area contributed by atoms with Crippen LogP contribution in [0.3, 0.4) is 0 Å². The summed E-state index contributed by atoms with van der Waals surface area (Å²) in [7, 11) is 0. The first-order valence-electron chi connectivity index (χ1n) is 6.69. The van der Waals surface area contributed by atoms with Crippen molar-refractivity contribution in [3.63, 3.8) is 0 Å². The summed E-state index contributed by atoms with van der Waals surface area (Å²) in [5.41, 5.74) is -1.36. The summed E-state index contributed by atoms with van der Waals surface area (Å²) in [6.45, 7) is 4.11. The Morgan fingerprint density at radius 1 is 1.57 bits per heavy atom. The molecular formula is C13H17N3O5. The summed E-state index contributed by atoms with van der Waals surface area (Å²) in [6, 6.07) is 1.27. The fourth-order valence-corrected chi connectivity index (χ4v) is 2.27. The molecule has 0 aromatic carbocycles. The van der Waals surface area contributed by atoms with Crippen molar-refractivity contribution in [2.75, 3.05) is 24.6 Å². The van der Waals surface area contributed by atoms with E-state index in [4.69, 9.17) is 4.74 Å². The lowest BCUT2D eigenvalue weighted by molar-refractivity contribution is -0.384. The van der Waals surface area contributed by atoms with E-state index in [9.17, 15) is 20.0 Å². The third-order valence-corrected chi connectivity index (χ3v) is 3.51. The van der Waals surface area contributed by atoms with Gasteiger partial charge in [-0.25, -0.2) is 9.78 Å². The van der Waals surface area contributed by atoms with E-state index < -0.39 is 16.5 Å². The van der Waals surface area contributed by atoms with Gasteiger partial charge in [0.05, 0.1) is 30.2 Å². The van der Waals surface area contributed by atoms with Crippen LogP contribution in [0.1, 0.15) is 30.6 Å². The summed E-state index contributed by atoms with van der Waals surface area (Å²) < 4.78 is 4.83. The largest absolute Gasteiger partial charge is 0.462 e. The Balaban J connectivity index is 2.37. The smallest absolute Gasteiger partial charge is 0.345 e. The summed E-state index contributed by atoms with van der Waals surface area (Å²) in [6.07, 6.45) is 1.88. The van der Waals surface area contributed by atoms with E-state index in [-0.39, 0.29) is 36.8 Å². The van der Waals surface area contributed by atoms with Crippen molar-refractivity contribution in [2.45, 2.75) is 25.9 Å². The number of hydrogen-bond donors (Lipinski definition) is 1. The van der Waals surface area contributed by atoms with Crippen LogP contribution in [-0.2, 0) is 4.74 Å². The molecule has 8 heteroatoms. The Labute approximate surface area is 121 Å². The van der Waals surface area contributed by atoms with E-state index in [0.717, 1.165) is 0 Å². The van der Waals surface area contributed by atoms with Crippen molar-refractivity contribution < 1.29 is 19.6 Å². The Morgan fingerprint density at radius 2 is 2.24 bits per heavy atom. The number of β-amino-alcohol motifs (C(OH)–C–C–N with tert-alkyl or cyclic N) is 1. The predicted octanol–water partition coefficient (Wildman–Crippen LogP) is 1.13. The van der Waals surface area contributed by atoms with Gasteiger partial charge in [0.15, 0.2) is 0 Å². The molecule has 8 nitrogen and oxygen atoms in total. The molecule has 0 bridgehead atoms. The standard InChI is InChI=1S/C13H17N3O5/c1-3-13(18)7-15(8-13)11-10(16(19)20)9(5-6-14-11)12(17)21-4-2/h5-6,18H,3-4,7-8H2,1-2H3. The number of nitro groups is 1. The van der Waals surface area contributed by atoms with Crippen LogP contribution in [0.2, 0.25) is 0 Å². The number of ether oxygens (including phenoxy) is 1. The lowest BCUT2D eigenvalue weighted by Crippen LogP contribution is -2.62. The molecule has 2 heterocycles. The normalized spacial score (nSPS) is 16.2. The predicted molar refractivity (Wildman–Crippen MR) is 74.3 cm³/mol. The van der Waals surface area contributed by atoms with Gasteiger partial charge in [0.1, 0.15) is 5.56 Å². The number of esters is 1. The highest BCUT2D eigenvalue weighted by Gasteiger charge is 2.43.